The molecule has 0 spiro atoms. The molecule has 0 radical (unpaired) electrons. The van der Waals surface area contributed by atoms with E-state index in [9.17, 15) is 4.79 Å². The summed E-state index contributed by atoms with van der Waals surface area (Å²) in [6.07, 6.45) is 1.02. The highest BCUT2D eigenvalue weighted by atomic mass is 16.5. The molecule has 1 heterocycles. The average molecular weight is 377 g/mol. The highest BCUT2D eigenvalue weighted by molar-refractivity contribution is 5.94. The normalized spacial score (nSPS) is 11.0. The first-order valence-corrected chi connectivity index (χ1v) is 9.67. The average Bonchev–Trinajstić information content (AvgIpc) is 3.10. The Morgan fingerprint density at radius 2 is 1.82 bits per heavy atom. The third-order valence-electron chi connectivity index (χ3n) is 4.33. The van der Waals surface area contributed by atoms with Gasteiger partial charge in [-0.3, -0.25) is 4.79 Å². The molecule has 0 atom stereocenters. The Morgan fingerprint density at radius 3 is 2.50 bits per heavy atom. The first-order valence-electron chi connectivity index (χ1n) is 9.67. The molecule has 0 aliphatic carbocycles. The number of aromatic nitrogens is 2. The number of hydrogen-bond donors (Lipinski definition) is 1. The Bertz CT molecular complexity index is 899. The van der Waals surface area contributed by atoms with Gasteiger partial charge in [0.25, 0.3) is 5.91 Å². The number of rotatable bonds is 8. The van der Waals surface area contributed by atoms with Crippen LogP contribution < -0.4 is 5.32 Å². The molecule has 0 saturated carbocycles. The van der Waals surface area contributed by atoms with Crippen molar-refractivity contribution in [1.82, 2.24) is 15.1 Å². The van der Waals surface area contributed by atoms with E-state index in [4.69, 9.17) is 4.74 Å². The maximum atomic E-state index is 12.3. The van der Waals surface area contributed by atoms with Crippen molar-refractivity contribution >= 4 is 5.91 Å². The van der Waals surface area contributed by atoms with E-state index in [2.05, 4.69) is 28.6 Å². The fourth-order valence-electron chi connectivity index (χ4n) is 2.96. The van der Waals surface area contributed by atoms with Crippen LogP contribution in [0.4, 0.5) is 0 Å². The van der Waals surface area contributed by atoms with Gasteiger partial charge in [-0.15, -0.1) is 0 Å². The standard InChI is InChI=1S/C23H27N3O2/c1-17(2)28-15-7-14-24-23(27)20-10-12-21(13-11-20)26-22(16-18(3)25-26)19-8-5-4-6-9-19/h4-6,8-13,16-17H,7,14-15H2,1-3H3,(H,24,27). The fourth-order valence-corrected chi connectivity index (χ4v) is 2.96. The summed E-state index contributed by atoms with van der Waals surface area (Å²) in [7, 11) is 0. The van der Waals surface area contributed by atoms with E-state index in [0.29, 0.717) is 18.7 Å². The van der Waals surface area contributed by atoms with Crippen LogP contribution in [-0.4, -0.2) is 34.9 Å². The number of carbonyl (C=O) groups excluding carboxylic acids is 1. The molecule has 0 aliphatic heterocycles. The summed E-state index contributed by atoms with van der Waals surface area (Å²) in [5.41, 5.74) is 4.64. The smallest absolute Gasteiger partial charge is 0.251 e. The third-order valence-corrected chi connectivity index (χ3v) is 4.33. The van der Waals surface area contributed by atoms with Gasteiger partial charge in [0.05, 0.1) is 23.2 Å². The number of nitrogens with zero attached hydrogens (tertiary/aromatic N) is 2. The summed E-state index contributed by atoms with van der Waals surface area (Å²) in [6, 6.07) is 19.8. The van der Waals surface area contributed by atoms with Gasteiger partial charge in [-0.25, -0.2) is 4.68 Å². The summed E-state index contributed by atoms with van der Waals surface area (Å²) in [6.45, 7) is 7.24. The van der Waals surface area contributed by atoms with Crippen LogP contribution in [0.25, 0.3) is 16.9 Å². The summed E-state index contributed by atoms with van der Waals surface area (Å²) >= 11 is 0. The monoisotopic (exact) mass is 377 g/mol. The lowest BCUT2D eigenvalue weighted by atomic mass is 10.1. The van der Waals surface area contributed by atoms with E-state index in [1.165, 1.54) is 0 Å². The zero-order chi connectivity index (χ0) is 19.9. The molecule has 5 nitrogen and oxygen atoms in total. The van der Waals surface area contributed by atoms with Gasteiger partial charge < -0.3 is 10.1 Å². The van der Waals surface area contributed by atoms with Crippen molar-refractivity contribution in [2.24, 2.45) is 0 Å². The van der Waals surface area contributed by atoms with Crippen LogP contribution in [0.2, 0.25) is 0 Å². The number of amides is 1. The molecule has 3 rings (SSSR count). The molecule has 28 heavy (non-hydrogen) atoms. The second-order valence-electron chi connectivity index (χ2n) is 7.02. The van der Waals surface area contributed by atoms with E-state index < -0.39 is 0 Å². The highest BCUT2D eigenvalue weighted by Gasteiger charge is 2.11. The second kappa shape index (κ2) is 9.33. The topological polar surface area (TPSA) is 56.2 Å². The first kappa shape index (κ1) is 19.8. The Labute approximate surface area is 166 Å². The van der Waals surface area contributed by atoms with Crippen molar-refractivity contribution in [3.05, 3.63) is 71.9 Å². The summed E-state index contributed by atoms with van der Waals surface area (Å²) in [5, 5.41) is 7.55. The number of hydrogen-bond acceptors (Lipinski definition) is 3. The van der Waals surface area contributed by atoms with Crippen LogP contribution >= 0.6 is 0 Å². The van der Waals surface area contributed by atoms with Crippen molar-refractivity contribution in [2.45, 2.75) is 33.3 Å². The van der Waals surface area contributed by atoms with Crippen molar-refractivity contribution in [2.75, 3.05) is 13.2 Å². The van der Waals surface area contributed by atoms with Crippen molar-refractivity contribution in [1.29, 1.82) is 0 Å². The molecule has 3 aromatic rings. The highest BCUT2D eigenvalue weighted by Crippen LogP contribution is 2.23. The van der Waals surface area contributed by atoms with E-state index in [-0.39, 0.29) is 12.0 Å². The van der Waals surface area contributed by atoms with Gasteiger partial charge >= 0.3 is 0 Å². The predicted octanol–water partition coefficient (Wildman–Crippen LogP) is 4.39. The number of carbonyl (C=O) groups is 1. The molecule has 1 aromatic heterocycles. The Kier molecular flexibility index (Phi) is 6.61. The third kappa shape index (κ3) is 5.08. The summed E-state index contributed by atoms with van der Waals surface area (Å²) in [4.78, 5) is 12.3. The Morgan fingerprint density at radius 1 is 1.11 bits per heavy atom. The first-order chi connectivity index (χ1) is 13.5. The Balaban J connectivity index is 1.67. The van der Waals surface area contributed by atoms with Gasteiger partial charge in [-0.2, -0.15) is 5.10 Å². The largest absolute Gasteiger partial charge is 0.379 e. The zero-order valence-electron chi connectivity index (χ0n) is 16.7. The van der Waals surface area contributed by atoms with E-state index in [1.807, 2.05) is 67.9 Å². The SMILES string of the molecule is Cc1cc(-c2ccccc2)n(-c2ccc(C(=O)NCCCOC(C)C)cc2)n1. The minimum atomic E-state index is -0.0731. The molecule has 0 unspecified atom stereocenters. The lowest BCUT2D eigenvalue weighted by Crippen LogP contribution is -2.25. The summed E-state index contributed by atoms with van der Waals surface area (Å²) < 4.78 is 7.40. The van der Waals surface area contributed by atoms with Crippen LogP contribution in [0.3, 0.4) is 0 Å². The van der Waals surface area contributed by atoms with Crippen LogP contribution in [-0.2, 0) is 4.74 Å². The van der Waals surface area contributed by atoms with E-state index in [1.54, 1.807) is 0 Å². The van der Waals surface area contributed by atoms with Crippen molar-refractivity contribution in [3.8, 4) is 16.9 Å². The fraction of sp³-hybridized carbons (Fsp3) is 0.304. The van der Waals surface area contributed by atoms with Gasteiger partial charge in [0.2, 0.25) is 0 Å². The van der Waals surface area contributed by atoms with Crippen molar-refractivity contribution < 1.29 is 9.53 Å². The molecule has 0 fully saturated rings. The lowest BCUT2D eigenvalue weighted by molar-refractivity contribution is 0.0757. The lowest BCUT2D eigenvalue weighted by Gasteiger charge is -2.10. The molecule has 2 aromatic carbocycles. The molecular formula is C23H27N3O2. The number of nitrogens with one attached hydrogen (secondary N) is 1. The zero-order valence-corrected chi connectivity index (χ0v) is 16.7. The van der Waals surface area contributed by atoms with Crippen LogP contribution in [0.5, 0.6) is 0 Å². The Hall–Kier alpha value is -2.92. The maximum Gasteiger partial charge on any atom is 0.251 e. The maximum absolute atomic E-state index is 12.3. The molecule has 0 saturated heterocycles. The van der Waals surface area contributed by atoms with E-state index >= 15 is 0 Å². The van der Waals surface area contributed by atoms with Gasteiger partial charge in [0.1, 0.15) is 0 Å². The molecule has 5 heteroatoms. The van der Waals surface area contributed by atoms with E-state index in [0.717, 1.165) is 29.1 Å². The van der Waals surface area contributed by atoms with Crippen molar-refractivity contribution in [3.63, 3.8) is 0 Å². The minimum absolute atomic E-state index is 0.0731. The minimum Gasteiger partial charge on any atom is -0.379 e. The molecule has 146 valence electrons. The summed E-state index contributed by atoms with van der Waals surface area (Å²) in [5.74, 6) is -0.0731. The van der Waals surface area contributed by atoms with Crippen LogP contribution in [0, 0.1) is 6.92 Å². The molecule has 1 amide bonds. The van der Waals surface area contributed by atoms with Gasteiger partial charge in [0.15, 0.2) is 0 Å². The quantitative estimate of drug-likeness (QED) is 0.592. The molecule has 1 N–H and O–H groups in total. The molecule has 0 aliphatic rings. The number of ether oxygens (including phenoxy) is 1. The molecule has 0 bridgehead atoms. The van der Waals surface area contributed by atoms with Gasteiger partial charge in [0, 0.05) is 24.3 Å². The van der Waals surface area contributed by atoms with Gasteiger partial charge in [-0.1, -0.05) is 30.3 Å². The second-order valence-corrected chi connectivity index (χ2v) is 7.02. The number of benzene rings is 2. The van der Waals surface area contributed by atoms with Crippen LogP contribution in [0.1, 0.15) is 36.3 Å². The predicted molar refractivity (Wildman–Crippen MR) is 112 cm³/mol. The molecular weight excluding hydrogens is 350 g/mol. The number of aryl methyl sites for hydroxylation is 1. The van der Waals surface area contributed by atoms with Gasteiger partial charge in [-0.05, 0) is 57.5 Å². The van der Waals surface area contributed by atoms with Crippen LogP contribution in [0.15, 0.2) is 60.7 Å².